The van der Waals surface area contributed by atoms with E-state index >= 15 is 4.39 Å². The molecule has 5 heterocycles. The van der Waals surface area contributed by atoms with Crippen LogP contribution in [0, 0.1) is 5.82 Å². The minimum Gasteiger partial charge on any atom is -0.467 e. The van der Waals surface area contributed by atoms with Crippen molar-refractivity contribution in [2.45, 2.75) is 37.5 Å². The van der Waals surface area contributed by atoms with Crippen LogP contribution < -0.4 is 15.0 Å². The second-order valence-corrected chi connectivity index (χ2v) is 11.8. The summed E-state index contributed by atoms with van der Waals surface area (Å²) in [5.74, 6) is 0.161. The molecule has 3 aliphatic heterocycles. The fourth-order valence-corrected chi connectivity index (χ4v) is 6.62. The number of ether oxygens (including phenoxy) is 3. The van der Waals surface area contributed by atoms with E-state index in [1.54, 1.807) is 19.4 Å². The highest BCUT2D eigenvalue weighted by Crippen LogP contribution is 2.37. The molecule has 0 aliphatic carbocycles. The van der Waals surface area contributed by atoms with E-state index in [0.717, 1.165) is 56.4 Å². The average molecular weight is 609 g/mol. The van der Waals surface area contributed by atoms with Crippen LogP contribution in [0.25, 0.3) is 32.9 Å². The highest BCUT2D eigenvalue weighted by atomic mass is 35.5. The van der Waals surface area contributed by atoms with Crippen molar-refractivity contribution in [3.63, 3.8) is 0 Å². The van der Waals surface area contributed by atoms with Crippen LogP contribution in [0.4, 0.5) is 10.2 Å². The molecule has 7 rings (SSSR count). The molecule has 0 spiro atoms. The summed E-state index contributed by atoms with van der Waals surface area (Å²) in [6, 6.07) is 12.3. The molecule has 0 amide bonds. The van der Waals surface area contributed by atoms with Crippen molar-refractivity contribution >= 4 is 39.1 Å². The van der Waals surface area contributed by atoms with E-state index in [-0.39, 0.29) is 17.2 Å². The molecule has 228 valence electrons. The van der Waals surface area contributed by atoms with E-state index in [9.17, 15) is 0 Å². The van der Waals surface area contributed by atoms with Crippen LogP contribution in [0.1, 0.15) is 19.3 Å². The third kappa shape index (κ3) is 6.39. The first-order valence-electron chi connectivity index (χ1n) is 14.8. The van der Waals surface area contributed by atoms with Crippen LogP contribution in [0.2, 0.25) is 5.02 Å². The number of hydrogen-bond acceptors (Lipinski definition) is 9. The van der Waals surface area contributed by atoms with Crippen molar-refractivity contribution in [3.05, 3.63) is 53.4 Å². The minimum atomic E-state index is -0.505. The number of likely N-dealkylation sites (tertiary alicyclic amines) is 1. The first-order valence-corrected chi connectivity index (χ1v) is 15.2. The van der Waals surface area contributed by atoms with Gasteiger partial charge in [0.15, 0.2) is 5.82 Å². The molecule has 0 radical (unpaired) electrons. The van der Waals surface area contributed by atoms with Crippen molar-refractivity contribution < 1.29 is 18.6 Å². The van der Waals surface area contributed by atoms with E-state index in [2.05, 4.69) is 37.1 Å². The Hall–Kier alpha value is -3.15. The van der Waals surface area contributed by atoms with Gasteiger partial charge in [-0.2, -0.15) is 9.97 Å². The number of hydrogen-bond donors (Lipinski definition) is 1. The number of nitrogens with one attached hydrogen (secondary N) is 1. The summed E-state index contributed by atoms with van der Waals surface area (Å²) in [4.78, 5) is 18.0. The molecule has 2 bridgehead atoms. The molecule has 3 unspecified atom stereocenters. The summed E-state index contributed by atoms with van der Waals surface area (Å²) < 4.78 is 31.7. The highest BCUT2D eigenvalue weighted by molar-refractivity contribution is 6.36. The topological polar surface area (TPSA) is 84.9 Å². The number of anilines is 1. The maximum atomic E-state index is 16.0. The summed E-state index contributed by atoms with van der Waals surface area (Å²) in [6.45, 7) is 5.30. The van der Waals surface area contributed by atoms with Gasteiger partial charge in [-0.25, -0.2) is 4.39 Å². The lowest BCUT2D eigenvalue weighted by Gasteiger charge is -2.34. The zero-order valence-electron chi connectivity index (χ0n) is 24.9. The van der Waals surface area contributed by atoms with E-state index in [1.165, 1.54) is 13.5 Å². The van der Waals surface area contributed by atoms with Crippen molar-refractivity contribution in [2.24, 2.45) is 0 Å². The summed E-state index contributed by atoms with van der Waals surface area (Å²) in [5.41, 5.74) is 1.04. The predicted molar refractivity (Wildman–Crippen MR) is 168 cm³/mol. The van der Waals surface area contributed by atoms with Crippen molar-refractivity contribution in [3.8, 4) is 17.3 Å². The Morgan fingerprint density at radius 2 is 1.77 bits per heavy atom. The standard InChI is InChI=1S/C24H21ClFN5O.C8H17NO2/c1-32-24-29-22-17(23(30-24)31-11-14-8-9-15(12-31)28-14)10-27-21(20(22)26)16-6-2-4-13-5-3-7-18(25)19(13)16;1-9-4-3-8(7-9)11-6-5-10-2/h2-7,10,14-15,28H,8-9,11-12H2,1H3;8H,3-7H2,1-2H3. The molecular weight excluding hydrogens is 571 g/mol. The molecule has 4 aromatic rings. The molecule has 3 atom stereocenters. The SMILES string of the molecule is COCCOC1CCN(C)C1.COc1nc(N2CC3CCC(C2)N3)c2cnc(-c3cccc4cccc(Cl)c34)c(F)c2n1. The monoisotopic (exact) mass is 608 g/mol. The lowest BCUT2D eigenvalue weighted by molar-refractivity contribution is 0.0233. The largest absolute Gasteiger partial charge is 0.467 e. The fraction of sp³-hybridized carbons (Fsp3) is 0.469. The van der Waals surface area contributed by atoms with Gasteiger partial charge in [0.05, 0.1) is 31.8 Å². The number of piperazine rings is 1. The molecule has 3 aliphatic rings. The van der Waals surface area contributed by atoms with Gasteiger partial charge in [-0.1, -0.05) is 41.9 Å². The molecule has 11 heteroatoms. The number of halogens is 2. The number of fused-ring (bicyclic) bond motifs is 4. The number of methoxy groups -OCH3 is 2. The fourth-order valence-electron chi connectivity index (χ4n) is 6.33. The molecule has 2 aromatic heterocycles. The van der Waals surface area contributed by atoms with E-state index < -0.39 is 5.82 Å². The van der Waals surface area contributed by atoms with Gasteiger partial charge in [0, 0.05) is 67.5 Å². The number of likely N-dealkylation sites (N-methyl/N-ethyl adjacent to an activating group) is 1. The van der Waals surface area contributed by atoms with Gasteiger partial charge in [-0.15, -0.1) is 0 Å². The molecule has 3 saturated heterocycles. The van der Waals surface area contributed by atoms with Gasteiger partial charge in [0.1, 0.15) is 17.0 Å². The van der Waals surface area contributed by atoms with Crippen LogP contribution in [-0.4, -0.2) is 98.7 Å². The zero-order chi connectivity index (χ0) is 29.9. The Morgan fingerprint density at radius 1 is 1.00 bits per heavy atom. The van der Waals surface area contributed by atoms with E-state index in [4.69, 9.17) is 25.8 Å². The maximum absolute atomic E-state index is 16.0. The lowest BCUT2D eigenvalue weighted by Crippen LogP contribution is -2.51. The van der Waals surface area contributed by atoms with Gasteiger partial charge in [0.2, 0.25) is 0 Å². The van der Waals surface area contributed by atoms with Crippen molar-refractivity contribution in [2.75, 3.05) is 65.6 Å². The summed E-state index contributed by atoms with van der Waals surface area (Å²) in [7, 11) is 5.32. The van der Waals surface area contributed by atoms with Gasteiger partial charge in [0.25, 0.3) is 0 Å². The predicted octanol–water partition coefficient (Wildman–Crippen LogP) is 4.94. The quantitative estimate of drug-likeness (QED) is 0.293. The highest BCUT2D eigenvalue weighted by Gasteiger charge is 2.34. The minimum absolute atomic E-state index is 0.144. The first kappa shape index (κ1) is 29.9. The number of aromatic nitrogens is 3. The van der Waals surface area contributed by atoms with Gasteiger partial charge in [-0.05, 0) is 37.8 Å². The summed E-state index contributed by atoms with van der Waals surface area (Å²) >= 11 is 6.48. The summed E-state index contributed by atoms with van der Waals surface area (Å²) in [5, 5.41) is 6.44. The van der Waals surface area contributed by atoms with Crippen LogP contribution in [0.15, 0.2) is 42.6 Å². The first-order chi connectivity index (χ1) is 20.9. The van der Waals surface area contributed by atoms with E-state index in [0.29, 0.717) is 46.6 Å². The molecular formula is C32H38ClFN6O3. The van der Waals surface area contributed by atoms with E-state index in [1.807, 2.05) is 30.3 Å². The van der Waals surface area contributed by atoms with Crippen LogP contribution in [0.3, 0.4) is 0 Å². The Balaban J connectivity index is 0.000000254. The Bertz CT molecular complexity index is 1580. The zero-order valence-corrected chi connectivity index (χ0v) is 25.6. The van der Waals surface area contributed by atoms with Gasteiger partial charge < -0.3 is 29.3 Å². The van der Waals surface area contributed by atoms with Crippen LogP contribution in [0.5, 0.6) is 6.01 Å². The number of benzene rings is 2. The smallest absolute Gasteiger partial charge is 0.318 e. The lowest BCUT2D eigenvalue weighted by atomic mass is 10.0. The van der Waals surface area contributed by atoms with Crippen molar-refractivity contribution in [1.29, 1.82) is 0 Å². The normalized spacial score (nSPS) is 21.8. The maximum Gasteiger partial charge on any atom is 0.318 e. The molecule has 2 aromatic carbocycles. The Kier molecular flexibility index (Phi) is 9.20. The van der Waals surface area contributed by atoms with Crippen molar-refractivity contribution in [1.82, 2.24) is 25.2 Å². The number of rotatable bonds is 7. The number of nitrogens with zero attached hydrogens (tertiary/aromatic N) is 5. The molecule has 43 heavy (non-hydrogen) atoms. The Labute approximate surface area is 256 Å². The van der Waals surface area contributed by atoms with Crippen LogP contribution >= 0.6 is 11.6 Å². The summed E-state index contributed by atoms with van der Waals surface area (Å²) in [6.07, 6.45) is 5.55. The second kappa shape index (κ2) is 13.2. The third-order valence-corrected chi connectivity index (χ3v) is 8.76. The molecule has 0 saturated carbocycles. The number of pyridine rings is 1. The third-order valence-electron chi connectivity index (χ3n) is 8.44. The second-order valence-electron chi connectivity index (χ2n) is 11.4. The average Bonchev–Trinajstić information content (AvgIpc) is 3.60. The molecule has 1 N–H and O–H groups in total. The Morgan fingerprint density at radius 3 is 2.47 bits per heavy atom. The van der Waals surface area contributed by atoms with Gasteiger partial charge >= 0.3 is 6.01 Å². The molecule has 3 fully saturated rings. The van der Waals surface area contributed by atoms with Gasteiger partial charge in [-0.3, -0.25) is 4.98 Å². The molecule has 9 nitrogen and oxygen atoms in total. The van der Waals surface area contributed by atoms with Crippen LogP contribution in [-0.2, 0) is 9.47 Å².